The van der Waals surface area contributed by atoms with Gasteiger partial charge in [0.15, 0.2) is 9.84 Å². The van der Waals surface area contributed by atoms with Crippen LogP contribution in [0.1, 0.15) is 46.5 Å². The number of hydrogen-bond acceptors (Lipinski definition) is 3. The van der Waals surface area contributed by atoms with E-state index in [1.807, 2.05) is 13.8 Å². The summed E-state index contributed by atoms with van der Waals surface area (Å²) in [7, 11) is -3.04. The number of nitrogens with two attached hydrogens (primary N) is 1. The summed E-state index contributed by atoms with van der Waals surface area (Å²) < 4.78 is 24.5. The third kappa shape index (κ3) is 2.72. The molecule has 0 aromatic carbocycles. The molecule has 0 radical (unpaired) electrons. The van der Waals surface area contributed by atoms with Gasteiger partial charge in [0.2, 0.25) is 0 Å². The van der Waals surface area contributed by atoms with Crippen LogP contribution in [0.25, 0.3) is 0 Å². The second-order valence-electron chi connectivity index (χ2n) is 5.02. The molecular weight excluding hydrogens is 210 g/mol. The molecule has 90 valence electrons. The Bertz CT molecular complexity index is 298. The van der Waals surface area contributed by atoms with Gasteiger partial charge in [-0.15, -0.1) is 0 Å². The number of sulfone groups is 1. The Morgan fingerprint density at radius 2 is 1.67 bits per heavy atom. The van der Waals surface area contributed by atoms with E-state index in [4.69, 9.17) is 5.73 Å². The van der Waals surface area contributed by atoms with Crippen molar-refractivity contribution in [3.8, 4) is 0 Å². The fourth-order valence-corrected chi connectivity index (χ4v) is 4.62. The van der Waals surface area contributed by atoms with Crippen LogP contribution in [0.5, 0.6) is 0 Å². The summed E-state index contributed by atoms with van der Waals surface area (Å²) in [5.74, 6) is 0.170. The van der Waals surface area contributed by atoms with E-state index in [-0.39, 0.29) is 22.5 Å². The topological polar surface area (TPSA) is 60.2 Å². The van der Waals surface area contributed by atoms with Crippen LogP contribution < -0.4 is 5.73 Å². The lowest BCUT2D eigenvalue weighted by atomic mass is 9.96. The first-order valence-corrected chi connectivity index (χ1v) is 7.46. The first-order valence-electron chi connectivity index (χ1n) is 5.85. The normalized spacial score (nSPS) is 30.5. The van der Waals surface area contributed by atoms with Gasteiger partial charge in [-0.3, -0.25) is 0 Å². The van der Waals surface area contributed by atoms with Crippen LogP contribution in [0.15, 0.2) is 0 Å². The minimum absolute atomic E-state index is 0.148. The van der Waals surface area contributed by atoms with Gasteiger partial charge in [0.25, 0.3) is 0 Å². The molecule has 0 aliphatic heterocycles. The molecule has 0 spiro atoms. The van der Waals surface area contributed by atoms with Crippen molar-refractivity contribution < 1.29 is 8.42 Å². The molecule has 1 saturated carbocycles. The zero-order valence-electron chi connectivity index (χ0n) is 9.94. The van der Waals surface area contributed by atoms with Crippen molar-refractivity contribution in [2.45, 2.75) is 63.0 Å². The average molecular weight is 233 g/mol. The highest BCUT2D eigenvalue weighted by Gasteiger charge is 2.37. The third-order valence-electron chi connectivity index (χ3n) is 3.63. The molecule has 2 N–H and O–H groups in total. The second kappa shape index (κ2) is 4.83. The quantitative estimate of drug-likeness (QED) is 0.807. The fraction of sp³-hybridized carbons (Fsp3) is 1.00. The molecule has 0 aromatic heterocycles. The Morgan fingerprint density at radius 1 is 1.13 bits per heavy atom. The third-order valence-corrected chi connectivity index (χ3v) is 6.64. The standard InChI is InChI=1S/C11H23NO2S/c1-8(2)9(3)15(13,14)11-7-5-4-6-10(11)12/h8-11H,4-7,12H2,1-3H3. The second-order valence-corrected chi connectivity index (χ2v) is 7.55. The first-order chi connectivity index (χ1) is 6.87. The van der Waals surface area contributed by atoms with Crippen LogP contribution in [0, 0.1) is 5.92 Å². The zero-order valence-corrected chi connectivity index (χ0v) is 10.8. The maximum Gasteiger partial charge on any atom is 0.157 e. The van der Waals surface area contributed by atoms with Crippen molar-refractivity contribution in [1.29, 1.82) is 0 Å². The summed E-state index contributed by atoms with van der Waals surface area (Å²) in [6, 6.07) is -0.148. The van der Waals surface area contributed by atoms with E-state index in [2.05, 4.69) is 0 Å². The van der Waals surface area contributed by atoms with Gasteiger partial charge < -0.3 is 5.73 Å². The number of hydrogen-bond donors (Lipinski definition) is 1. The largest absolute Gasteiger partial charge is 0.327 e. The smallest absolute Gasteiger partial charge is 0.157 e. The summed E-state index contributed by atoms with van der Waals surface area (Å²) in [4.78, 5) is 0. The molecule has 3 unspecified atom stereocenters. The molecule has 0 heterocycles. The molecule has 1 fully saturated rings. The van der Waals surface area contributed by atoms with Crippen molar-refractivity contribution in [3.63, 3.8) is 0 Å². The molecule has 15 heavy (non-hydrogen) atoms. The van der Waals surface area contributed by atoms with Crippen molar-refractivity contribution >= 4 is 9.84 Å². The molecule has 4 heteroatoms. The van der Waals surface area contributed by atoms with Crippen molar-refractivity contribution in [2.24, 2.45) is 11.7 Å². The van der Waals surface area contributed by atoms with E-state index in [9.17, 15) is 8.42 Å². The Kier molecular flexibility index (Phi) is 4.18. The van der Waals surface area contributed by atoms with Crippen molar-refractivity contribution in [2.75, 3.05) is 0 Å². The lowest BCUT2D eigenvalue weighted by Gasteiger charge is -2.31. The van der Waals surface area contributed by atoms with Crippen molar-refractivity contribution in [1.82, 2.24) is 0 Å². The maximum atomic E-state index is 12.3. The monoisotopic (exact) mass is 233 g/mol. The van der Waals surface area contributed by atoms with Gasteiger partial charge in [-0.1, -0.05) is 26.7 Å². The Balaban J connectivity index is 2.84. The van der Waals surface area contributed by atoms with Gasteiger partial charge in [0, 0.05) is 6.04 Å². The lowest BCUT2D eigenvalue weighted by Crippen LogP contribution is -2.46. The fourth-order valence-electron chi connectivity index (χ4n) is 2.19. The van der Waals surface area contributed by atoms with Gasteiger partial charge in [-0.25, -0.2) is 8.42 Å². The first kappa shape index (κ1) is 13.0. The predicted molar refractivity (Wildman–Crippen MR) is 63.5 cm³/mol. The van der Waals surface area contributed by atoms with Crippen LogP contribution in [0.3, 0.4) is 0 Å². The molecule has 0 bridgehead atoms. The SMILES string of the molecule is CC(C)C(C)S(=O)(=O)C1CCCCC1N. The molecule has 0 amide bonds. The van der Waals surface area contributed by atoms with Crippen LogP contribution in [-0.2, 0) is 9.84 Å². The molecule has 1 rings (SSSR count). The highest BCUT2D eigenvalue weighted by Crippen LogP contribution is 2.27. The van der Waals surface area contributed by atoms with Crippen molar-refractivity contribution in [3.05, 3.63) is 0 Å². The Morgan fingerprint density at radius 3 is 2.13 bits per heavy atom. The van der Waals surface area contributed by atoms with E-state index in [0.717, 1.165) is 25.7 Å². The molecule has 0 saturated heterocycles. The maximum absolute atomic E-state index is 12.3. The number of rotatable bonds is 3. The minimum atomic E-state index is -3.04. The minimum Gasteiger partial charge on any atom is -0.327 e. The van der Waals surface area contributed by atoms with Crippen LogP contribution in [0.4, 0.5) is 0 Å². The van der Waals surface area contributed by atoms with Gasteiger partial charge in [-0.05, 0) is 25.7 Å². The molecule has 3 atom stereocenters. The summed E-state index contributed by atoms with van der Waals surface area (Å²) in [5, 5.41) is -0.574. The summed E-state index contributed by atoms with van der Waals surface area (Å²) in [5.41, 5.74) is 5.92. The molecule has 0 aromatic rings. The molecule has 1 aliphatic rings. The molecule has 3 nitrogen and oxygen atoms in total. The molecule has 1 aliphatic carbocycles. The summed E-state index contributed by atoms with van der Waals surface area (Å²) >= 11 is 0. The van der Waals surface area contributed by atoms with Gasteiger partial charge in [0.1, 0.15) is 0 Å². The van der Waals surface area contributed by atoms with Gasteiger partial charge in [-0.2, -0.15) is 0 Å². The van der Waals surface area contributed by atoms with Gasteiger partial charge in [0.05, 0.1) is 10.5 Å². The van der Waals surface area contributed by atoms with E-state index < -0.39 is 9.84 Å². The van der Waals surface area contributed by atoms with Gasteiger partial charge >= 0.3 is 0 Å². The molecular formula is C11H23NO2S. The van der Waals surface area contributed by atoms with Crippen LogP contribution in [-0.4, -0.2) is 25.0 Å². The van der Waals surface area contributed by atoms with E-state index in [1.54, 1.807) is 6.92 Å². The van der Waals surface area contributed by atoms with Crippen LogP contribution >= 0.6 is 0 Å². The highest BCUT2D eigenvalue weighted by molar-refractivity contribution is 7.92. The van der Waals surface area contributed by atoms with E-state index in [0.29, 0.717) is 0 Å². The Hall–Kier alpha value is -0.0900. The zero-order chi connectivity index (χ0) is 11.6. The average Bonchev–Trinajstić information content (AvgIpc) is 2.16. The summed E-state index contributed by atoms with van der Waals surface area (Å²) in [6.45, 7) is 5.72. The lowest BCUT2D eigenvalue weighted by molar-refractivity contribution is 0.423. The highest BCUT2D eigenvalue weighted by atomic mass is 32.2. The van der Waals surface area contributed by atoms with E-state index in [1.165, 1.54) is 0 Å². The predicted octanol–water partition coefficient (Wildman–Crippen LogP) is 1.72. The van der Waals surface area contributed by atoms with E-state index >= 15 is 0 Å². The Labute approximate surface area is 93.3 Å². The summed E-state index contributed by atoms with van der Waals surface area (Å²) in [6.07, 6.45) is 3.68. The van der Waals surface area contributed by atoms with Crippen LogP contribution in [0.2, 0.25) is 0 Å².